The van der Waals surface area contributed by atoms with E-state index in [1.54, 1.807) is 25.7 Å². The van der Waals surface area contributed by atoms with Crippen LogP contribution in [0.15, 0.2) is 66.3 Å². The van der Waals surface area contributed by atoms with Crippen LogP contribution in [0.25, 0.3) is 28.0 Å². The maximum atomic E-state index is 4.98. The minimum Gasteiger partial charge on any atom is -0.399 e. The van der Waals surface area contributed by atoms with Gasteiger partial charge in [-0.1, -0.05) is 23.4 Å². The first-order chi connectivity index (χ1) is 13.3. The van der Waals surface area contributed by atoms with E-state index in [1.807, 2.05) is 28.9 Å². The van der Waals surface area contributed by atoms with E-state index in [0.29, 0.717) is 0 Å². The molecule has 0 N–H and O–H groups in total. The van der Waals surface area contributed by atoms with Gasteiger partial charge in [0.1, 0.15) is 12.8 Å². The molecule has 0 saturated heterocycles. The van der Waals surface area contributed by atoms with E-state index in [0.717, 1.165) is 52.1 Å². The number of oxime groups is 1. The number of aryl methyl sites for hydroxylation is 1. The summed E-state index contributed by atoms with van der Waals surface area (Å²) in [4.78, 5) is 13.7. The molecule has 132 valence electrons. The summed E-state index contributed by atoms with van der Waals surface area (Å²) in [6, 6.07) is 12.3. The zero-order valence-electron chi connectivity index (χ0n) is 14.8. The highest BCUT2D eigenvalue weighted by Crippen LogP contribution is 2.36. The summed E-state index contributed by atoms with van der Waals surface area (Å²) < 4.78 is 1.83. The lowest BCUT2D eigenvalue weighted by Gasteiger charge is -2.06. The molecule has 27 heavy (non-hydrogen) atoms. The molecule has 0 radical (unpaired) electrons. The lowest BCUT2D eigenvalue weighted by atomic mass is 9.98. The van der Waals surface area contributed by atoms with Gasteiger partial charge >= 0.3 is 0 Å². The van der Waals surface area contributed by atoms with Crippen molar-refractivity contribution in [3.8, 4) is 22.4 Å². The van der Waals surface area contributed by atoms with E-state index in [2.05, 4.69) is 33.3 Å². The molecule has 0 saturated carbocycles. The van der Waals surface area contributed by atoms with Gasteiger partial charge in [-0.15, -0.1) is 0 Å². The third-order valence-electron chi connectivity index (χ3n) is 4.89. The molecule has 0 fully saturated rings. The van der Waals surface area contributed by atoms with Crippen molar-refractivity contribution in [2.24, 2.45) is 5.16 Å². The van der Waals surface area contributed by atoms with Crippen LogP contribution < -0.4 is 0 Å². The molecule has 0 amide bonds. The third kappa shape index (κ3) is 2.57. The van der Waals surface area contributed by atoms with Crippen molar-refractivity contribution in [1.29, 1.82) is 0 Å². The lowest BCUT2D eigenvalue weighted by Crippen LogP contribution is -1.95. The molecule has 6 heteroatoms. The zero-order valence-corrected chi connectivity index (χ0v) is 14.8. The van der Waals surface area contributed by atoms with Gasteiger partial charge in [-0.2, -0.15) is 5.10 Å². The summed E-state index contributed by atoms with van der Waals surface area (Å²) in [7, 11) is 1.59. The van der Waals surface area contributed by atoms with Crippen LogP contribution in [-0.4, -0.2) is 32.4 Å². The predicted octanol–water partition coefficient (Wildman–Crippen LogP) is 3.76. The highest BCUT2D eigenvalue weighted by Gasteiger charge is 2.22. The van der Waals surface area contributed by atoms with Gasteiger partial charge < -0.3 is 4.84 Å². The first-order valence-electron chi connectivity index (χ1n) is 8.82. The van der Waals surface area contributed by atoms with Crippen LogP contribution in [-0.2, 0) is 11.3 Å². The van der Waals surface area contributed by atoms with Gasteiger partial charge in [0.05, 0.1) is 11.3 Å². The maximum Gasteiger partial charge on any atom is 0.163 e. The van der Waals surface area contributed by atoms with Gasteiger partial charge in [0.2, 0.25) is 0 Å². The Morgan fingerprint density at radius 1 is 1.04 bits per heavy atom. The van der Waals surface area contributed by atoms with E-state index in [1.165, 1.54) is 5.56 Å². The van der Waals surface area contributed by atoms with Crippen molar-refractivity contribution in [3.63, 3.8) is 0 Å². The van der Waals surface area contributed by atoms with Gasteiger partial charge in [0.15, 0.2) is 5.65 Å². The monoisotopic (exact) mass is 355 g/mol. The number of nitrogens with zero attached hydrogens (tertiary/aromatic N) is 5. The van der Waals surface area contributed by atoms with Crippen LogP contribution >= 0.6 is 0 Å². The fourth-order valence-corrected chi connectivity index (χ4v) is 3.69. The largest absolute Gasteiger partial charge is 0.399 e. The van der Waals surface area contributed by atoms with Crippen molar-refractivity contribution >= 4 is 11.4 Å². The van der Waals surface area contributed by atoms with E-state index in [9.17, 15) is 0 Å². The number of fused-ring (bicyclic) bond motifs is 2. The highest BCUT2D eigenvalue weighted by atomic mass is 16.6. The molecule has 0 atom stereocenters. The summed E-state index contributed by atoms with van der Waals surface area (Å²) in [5.74, 6) is 0. The van der Waals surface area contributed by atoms with E-state index < -0.39 is 0 Å². The Morgan fingerprint density at radius 2 is 1.93 bits per heavy atom. The predicted molar refractivity (Wildman–Crippen MR) is 104 cm³/mol. The Labute approximate surface area is 156 Å². The molecule has 0 aliphatic heterocycles. The normalized spacial score (nSPS) is 14.6. The summed E-state index contributed by atoms with van der Waals surface area (Å²) in [5, 5.41) is 8.93. The fourth-order valence-electron chi connectivity index (χ4n) is 3.69. The van der Waals surface area contributed by atoms with Gasteiger partial charge in [0.25, 0.3) is 0 Å². The molecule has 6 nitrogen and oxygen atoms in total. The van der Waals surface area contributed by atoms with Crippen molar-refractivity contribution in [1.82, 2.24) is 19.6 Å². The SMILES string of the molecule is CON=C1CCc2cc(-c3c(-c4ccncc4)nn4cccnc34)ccc21. The Morgan fingerprint density at radius 3 is 2.78 bits per heavy atom. The zero-order chi connectivity index (χ0) is 18.2. The van der Waals surface area contributed by atoms with E-state index in [-0.39, 0.29) is 0 Å². The second kappa shape index (κ2) is 6.32. The van der Waals surface area contributed by atoms with Crippen molar-refractivity contribution in [2.45, 2.75) is 12.8 Å². The average molecular weight is 355 g/mol. The molecule has 3 heterocycles. The average Bonchev–Trinajstić information content (AvgIpc) is 3.30. The molecule has 1 aliphatic carbocycles. The number of aromatic nitrogens is 4. The van der Waals surface area contributed by atoms with Crippen LogP contribution in [0.5, 0.6) is 0 Å². The fraction of sp³-hybridized carbons (Fsp3) is 0.143. The van der Waals surface area contributed by atoms with Crippen LogP contribution in [0.1, 0.15) is 17.5 Å². The molecule has 0 unspecified atom stereocenters. The van der Waals surface area contributed by atoms with Crippen LogP contribution in [0, 0.1) is 0 Å². The van der Waals surface area contributed by atoms with Gasteiger partial charge in [-0.25, -0.2) is 9.50 Å². The smallest absolute Gasteiger partial charge is 0.163 e. The van der Waals surface area contributed by atoms with E-state index >= 15 is 0 Å². The second-order valence-corrected chi connectivity index (χ2v) is 6.44. The molecule has 0 bridgehead atoms. The topological polar surface area (TPSA) is 64.7 Å². The highest BCUT2D eigenvalue weighted by molar-refractivity contribution is 6.05. The summed E-state index contributed by atoms with van der Waals surface area (Å²) in [6.45, 7) is 0. The van der Waals surface area contributed by atoms with Crippen molar-refractivity contribution < 1.29 is 4.84 Å². The molecular formula is C21H17N5O. The summed E-state index contributed by atoms with van der Waals surface area (Å²) in [6.07, 6.45) is 9.15. The Kier molecular flexibility index (Phi) is 3.67. The third-order valence-corrected chi connectivity index (χ3v) is 4.89. The second-order valence-electron chi connectivity index (χ2n) is 6.44. The first kappa shape index (κ1) is 15.7. The van der Waals surface area contributed by atoms with E-state index in [4.69, 9.17) is 9.94 Å². The Bertz CT molecular complexity index is 1160. The van der Waals surface area contributed by atoms with Gasteiger partial charge in [-0.05, 0) is 42.2 Å². The molecule has 1 aliphatic rings. The molecule has 3 aromatic heterocycles. The lowest BCUT2D eigenvalue weighted by molar-refractivity contribution is 0.213. The van der Waals surface area contributed by atoms with Crippen molar-refractivity contribution in [2.75, 3.05) is 7.11 Å². The molecule has 5 rings (SSSR count). The molecule has 4 aromatic rings. The van der Waals surface area contributed by atoms with Gasteiger partial charge in [0, 0.05) is 35.9 Å². The summed E-state index contributed by atoms with van der Waals surface area (Å²) in [5.41, 5.74) is 8.34. The molecular weight excluding hydrogens is 338 g/mol. The maximum absolute atomic E-state index is 4.98. The standard InChI is InChI=1S/C21H17N5O/c1-27-25-18-6-4-15-13-16(3-5-17(15)18)19-20(14-7-10-22-11-8-14)24-26-12-2-9-23-21(19)26/h2-3,5,7-13H,4,6H2,1H3. The quantitative estimate of drug-likeness (QED) is 0.525. The number of rotatable bonds is 3. The first-order valence-corrected chi connectivity index (χ1v) is 8.82. The number of pyridine rings is 1. The minimum absolute atomic E-state index is 0.841. The van der Waals surface area contributed by atoms with Crippen molar-refractivity contribution in [3.05, 3.63) is 72.3 Å². The number of hydrogen-bond donors (Lipinski definition) is 0. The molecule has 0 spiro atoms. The molecule has 1 aromatic carbocycles. The number of benzene rings is 1. The Hall–Kier alpha value is -3.54. The van der Waals surface area contributed by atoms with Crippen LogP contribution in [0.3, 0.4) is 0 Å². The summed E-state index contributed by atoms with van der Waals surface area (Å²) >= 11 is 0. The van der Waals surface area contributed by atoms with Gasteiger partial charge in [-0.3, -0.25) is 4.98 Å². The minimum atomic E-state index is 0.841. The number of hydrogen-bond acceptors (Lipinski definition) is 5. The Balaban J connectivity index is 1.73. The van der Waals surface area contributed by atoms with Crippen LogP contribution in [0.4, 0.5) is 0 Å². The van der Waals surface area contributed by atoms with Crippen LogP contribution in [0.2, 0.25) is 0 Å².